The molecule has 0 aliphatic rings. The second-order valence-electron chi connectivity index (χ2n) is 4.90. The van der Waals surface area contributed by atoms with Gasteiger partial charge < -0.3 is 9.47 Å². The molecule has 128 valence electrons. The van der Waals surface area contributed by atoms with Gasteiger partial charge in [-0.1, -0.05) is 31.8 Å². The lowest BCUT2D eigenvalue weighted by atomic mass is 10.1. The predicted octanol–water partition coefficient (Wildman–Crippen LogP) is 3.61. The van der Waals surface area contributed by atoms with Crippen molar-refractivity contribution in [3.05, 3.63) is 12.2 Å². The molecule has 0 bridgehead atoms. The minimum Gasteiger partial charge on any atom is -0.465 e. The highest BCUT2D eigenvalue weighted by molar-refractivity contribution is 7.80. The molecule has 6 heteroatoms. The van der Waals surface area contributed by atoms with E-state index in [1.165, 1.54) is 6.08 Å². The van der Waals surface area contributed by atoms with Gasteiger partial charge in [0, 0.05) is 24.0 Å². The minimum atomic E-state index is -0.293. The van der Waals surface area contributed by atoms with Gasteiger partial charge in [-0.25, -0.2) is 4.79 Å². The van der Waals surface area contributed by atoms with Gasteiger partial charge in [0.2, 0.25) is 0 Å². The van der Waals surface area contributed by atoms with Crippen LogP contribution in [0.1, 0.15) is 51.4 Å². The third-order valence-electron chi connectivity index (χ3n) is 2.95. The summed E-state index contributed by atoms with van der Waals surface area (Å²) in [5.41, 5.74) is 0. The molecule has 0 amide bonds. The Bertz CT molecular complexity index is 319. The van der Waals surface area contributed by atoms with Crippen molar-refractivity contribution >= 4 is 37.2 Å². The average molecular weight is 349 g/mol. The number of unbranched alkanes of at least 4 members (excludes halogenated alkanes) is 6. The van der Waals surface area contributed by atoms with E-state index in [-0.39, 0.29) is 11.9 Å². The zero-order chi connectivity index (χ0) is 16.5. The number of esters is 2. The molecule has 0 radical (unpaired) electrons. The highest BCUT2D eigenvalue weighted by atomic mass is 32.1. The van der Waals surface area contributed by atoms with Gasteiger partial charge in [0.25, 0.3) is 0 Å². The van der Waals surface area contributed by atoms with Crippen LogP contribution in [0.2, 0.25) is 0 Å². The van der Waals surface area contributed by atoms with Crippen molar-refractivity contribution in [1.82, 2.24) is 0 Å². The smallest absolute Gasteiger partial charge is 0.330 e. The van der Waals surface area contributed by atoms with E-state index in [4.69, 9.17) is 9.47 Å². The molecule has 0 unspecified atom stereocenters. The highest BCUT2D eigenvalue weighted by Crippen LogP contribution is 2.09. The van der Waals surface area contributed by atoms with Gasteiger partial charge in [0.1, 0.15) is 13.2 Å². The maximum Gasteiger partial charge on any atom is 0.330 e. The van der Waals surface area contributed by atoms with Crippen LogP contribution in [0.4, 0.5) is 0 Å². The van der Waals surface area contributed by atoms with Crippen molar-refractivity contribution in [2.75, 3.05) is 24.7 Å². The molecule has 0 aliphatic carbocycles. The van der Waals surface area contributed by atoms with Crippen LogP contribution in [0.3, 0.4) is 0 Å². The number of rotatable bonds is 14. The molecule has 0 aromatic rings. The molecule has 0 heterocycles. The molecule has 0 saturated carbocycles. The fourth-order valence-electron chi connectivity index (χ4n) is 1.84. The van der Waals surface area contributed by atoms with Crippen LogP contribution in [0, 0.1) is 0 Å². The van der Waals surface area contributed by atoms with E-state index in [0.717, 1.165) is 44.9 Å². The largest absolute Gasteiger partial charge is 0.465 e. The van der Waals surface area contributed by atoms with Crippen LogP contribution in [0.15, 0.2) is 12.2 Å². The molecular weight excluding hydrogens is 320 g/mol. The van der Waals surface area contributed by atoms with E-state index >= 15 is 0 Å². The Balaban J connectivity index is 3.28. The summed E-state index contributed by atoms with van der Waals surface area (Å²) in [6, 6.07) is 0. The zero-order valence-electron chi connectivity index (χ0n) is 13.2. The van der Waals surface area contributed by atoms with E-state index in [9.17, 15) is 9.59 Å². The summed E-state index contributed by atoms with van der Waals surface area (Å²) in [4.78, 5) is 22.4. The first-order valence-corrected chi connectivity index (χ1v) is 9.18. The van der Waals surface area contributed by atoms with Crippen LogP contribution in [0.25, 0.3) is 0 Å². The Labute approximate surface area is 144 Å². The van der Waals surface area contributed by atoms with E-state index < -0.39 is 0 Å². The summed E-state index contributed by atoms with van der Waals surface area (Å²) in [7, 11) is 0. The maximum absolute atomic E-state index is 11.2. The first-order valence-electron chi connectivity index (χ1n) is 7.91. The second-order valence-corrected chi connectivity index (χ2v) is 5.79. The fraction of sp³-hybridized carbons (Fsp3) is 0.750. The van der Waals surface area contributed by atoms with E-state index in [1.807, 2.05) is 6.08 Å². The highest BCUT2D eigenvalue weighted by Gasteiger charge is 2.01. The lowest BCUT2D eigenvalue weighted by molar-refractivity contribution is -0.143. The number of hydrogen-bond acceptors (Lipinski definition) is 6. The van der Waals surface area contributed by atoms with Crippen LogP contribution < -0.4 is 0 Å². The van der Waals surface area contributed by atoms with Gasteiger partial charge in [0.05, 0.1) is 0 Å². The van der Waals surface area contributed by atoms with Crippen LogP contribution in [-0.4, -0.2) is 36.7 Å². The van der Waals surface area contributed by atoms with Crippen molar-refractivity contribution in [1.29, 1.82) is 0 Å². The lowest BCUT2D eigenvalue weighted by Crippen LogP contribution is -2.06. The summed E-state index contributed by atoms with van der Waals surface area (Å²) in [6.07, 6.45) is 11.2. The molecule has 0 aromatic carbocycles. The number of hydrogen-bond donors (Lipinski definition) is 2. The Morgan fingerprint density at radius 3 is 2.09 bits per heavy atom. The molecular formula is C16H28O4S2. The van der Waals surface area contributed by atoms with Crippen LogP contribution in [0.5, 0.6) is 0 Å². The van der Waals surface area contributed by atoms with E-state index in [1.54, 1.807) is 0 Å². The number of carbonyl (C=O) groups excluding carboxylic acids is 2. The summed E-state index contributed by atoms with van der Waals surface area (Å²) in [5.74, 6) is 0.711. The lowest BCUT2D eigenvalue weighted by Gasteiger charge is -2.03. The summed E-state index contributed by atoms with van der Waals surface area (Å²) >= 11 is 7.95. The monoisotopic (exact) mass is 348 g/mol. The molecule has 0 rings (SSSR count). The predicted molar refractivity (Wildman–Crippen MR) is 95.7 cm³/mol. The Morgan fingerprint density at radius 2 is 1.41 bits per heavy atom. The topological polar surface area (TPSA) is 52.6 Å². The third kappa shape index (κ3) is 15.8. The zero-order valence-corrected chi connectivity index (χ0v) is 15.0. The van der Waals surface area contributed by atoms with Crippen molar-refractivity contribution in [2.24, 2.45) is 0 Å². The van der Waals surface area contributed by atoms with Gasteiger partial charge in [-0.3, -0.25) is 4.79 Å². The Kier molecular flexibility index (Phi) is 16.3. The normalized spacial score (nSPS) is 10.8. The van der Waals surface area contributed by atoms with Gasteiger partial charge in [0.15, 0.2) is 0 Å². The van der Waals surface area contributed by atoms with Crippen LogP contribution in [-0.2, 0) is 19.1 Å². The van der Waals surface area contributed by atoms with Gasteiger partial charge in [-0.05, 0) is 19.3 Å². The van der Waals surface area contributed by atoms with Crippen molar-refractivity contribution in [3.63, 3.8) is 0 Å². The number of thiol groups is 2. The molecule has 4 nitrogen and oxygen atoms in total. The summed E-state index contributed by atoms with van der Waals surface area (Å²) < 4.78 is 9.80. The molecule has 0 N–H and O–H groups in total. The summed E-state index contributed by atoms with van der Waals surface area (Å²) in [5, 5.41) is 0. The standard InChI is InChI=1S/C16H28O4S2/c17-15(19-11-13-21)9-7-5-3-1-2-4-6-8-10-16(18)20-12-14-22/h7,9,21-22H,1-6,8,10-14H2/b9-7+. The summed E-state index contributed by atoms with van der Waals surface area (Å²) in [6.45, 7) is 0.756. The first kappa shape index (κ1) is 21.4. The number of ether oxygens (including phenoxy) is 2. The quantitative estimate of drug-likeness (QED) is 0.218. The minimum absolute atomic E-state index is 0.121. The van der Waals surface area contributed by atoms with E-state index in [0.29, 0.717) is 31.1 Å². The average Bonchev–Trinajstić information content (AvgIpc) is 2.52. The Morgan fingerprint density at radius 1 is 0.818 bits per heavy atom. The third-order valence-corrected chi connectivity index (χ3v) is 3.31. The molecule has 0 atom stereocenters. The second kappa shape index (κ2) is 16.7. The molecule has 0 aliphatic heterocycles. The van der Waals surface area contributed by atoms with Gasteiger partial charge in [-0.15, -0.1) is 0 Å². The van der Waals surface area contributed by atoms with Crippen molar-refractivity contribution in [3.8, 4) is 0 Å². The molecule has 0 spiro atoms. The fourth-order valence-corrected chi connectivity index (χ4v) is 2.03. The van der Waals surface area contributed by atoms with E-state index in [2.05, 4.69) is 25.3 Å². The number of allylic oxidation sites excluding steroid dienone is 1. The maximum atomic E-state index is 11.2. The molecule has 0 saturated heterocycles. The molecule has 0 fully saturated rings. The van der Waals surface area contributed by atoms with Gasteiger partial charge >= 0.3 is 11.9 Å². The van der Waals surface area contributed by atoms with Crippen molar-refractivity contribution < 1.29 is 19.1 Å². The van der Waals surface area contributed by atoms with Gasteiger partial charge in [-0.2, -0.15) is 25.3 Å². The SMILES string of the molecule is O=C(/C=C/CCCCCCCCC(=O)OCCS)OCCS. The first-order chi connectivity index (χ1) is 10.7. The Hall–Kier alpha value is -0.620. The van der Waals surface area contributed by atoms with Crippen molar-refractivity contribution in [2.45, 2.75) is 51.4 Å². The van der Waals surface area contributed by atoms with Crippen LogP contribution >= 0.6 is 25.3 Å². The number of carbonyl (C=O) groups is 2. The molecule has 22 heavy (non-hydrogen) atoms. The molecule has 0 aromatic heterocycles.